The fraction of sp³-hybridized carbons (Fsp3) is 0.0175. The van der Waals surface area contributed by atoms with Crippen LogP contribution in [0.15, 0.2) is 425 Å². The van der Waals surface area contributed by atoms with Crippen LogP contribution < -0.4 is 0 Å². The molecule has 0 saturated heterocycles. The van der Waals surface area contributed by atoms with Gasteiger partial charge in [0.1, 0.15) is 4.83 Å². The summed E-state index contributed by atoms with van der Waals surface area (Å²) in [5.41, 5.74) is 19.4. The number of benzene rings is 12. The number of thiophene rings is 4. The van der Waals surface area contributed by atoms with Crippen molar-refractivity contribution >= 4 is 126 Å². The van der Waals surface area contributed by atoms with Crippen LogP contribution >= 0.6 is 45.3 Å². The Morgan fingerprint density at radius 1 is 0.208 bits per heavy atom. The SMILES string of the molecule is Cc1cccc(-c2[c-]cccc2)n1.Cc1cccc(-c2[c-]cccc2)n1.[Ir].[Ir].[Ir].[Ir].[c-]1ccccc1-c1cc2sc3ccccc3c2cn1.[c-]1ccccc1-c1ccc2c(n1)sc1ccccc12.[c-]1ccccc1-c1ccc2sc3ccccc3c2n1.[c-]1ccccc1-c1ccccn1.[c-]1ccccc1-c1ccccn1.[c-]1ccccc1-c1nccc2sc3ccccc3c12. The first-order valence-electron chi connectivity index (χ1n) is 40.9. The van der Waals surface area contributed by atoms with Gasteiger partial charge in [0.05, 0.1) is 10.2 Å². The largest absolute Gasteiger partial charge is 0.305 e. The van der Waals surface area contributed by atoms with Gasteiger partial charge in [0.2, 0.25) is 0 Å². The van der Waals surface area contributed by atoms with Gasteiger partial charge in [-0.05, 0) is 131 Å². The van der Waals surface area contributed by atoms with Crippen LogP contribution in [0.3, 0.4) is 0 Å². The minimum absolute atomic E-state index is 0. The summed E-state index contributed by atoms with van der Waals surface area (Å²) in [5.74, 6) is 0. The van der Waals surface area contributed by atoms with Crippen molar-refractivity contribution < 1.29 is 80.4 Å². The van der Waals surface area contributed by atoms with Crippen molar-refractivity contribution in [2.45, 2.75) is 13.8 Å². The Bertz CT molecular complexity index is 7210. The molecule has 24 aromatic rings. The minimum Gasteiger partial charge on any atom is -0.305 e. The van der Waals surface area contributed by atoms with Gasteiger partial charge in [-0.15, -0.1) is 333 Å². The van der Waals surface area contributed by atoms with E-state index in [9.17, 15) is 0 Å². The zero-order valence-corrected chi connectivity index (χ0v) is 82.8. The Labute approximate surface area is 827 Å². The number of pyridine rings is 8. The molecule has 12 aromatic heterocycles. The summed E-state index contributed by atoms with van der Waals surface area (Å²) >= 11 is 7.17. The maximum absolute atomic E-state index is 4.81. The third-order valence-electron chi connectivity index (χ3n) is 20.0. The summed E-state index contributed by atoms with van der Waals surface area (Å²) in [6.07, 6.45) is 7.44. The molecule has 0 aliphatic rings. The number of hydrogen-bond acceptors (Lipinski definition) is 12. The molecule has 24 rings (SSSR count). The predicted octanol–water partition coefficient (Wildman–Crippen LogP) is 30.5. The van der Waals surface area contributed by atoms with E-state index < -0.39 is 0 Å². The van der Waals surface area contributed by atoms with Gasteiger partial charge in [0.15, 0.2) is 0 Å². The molecule has 0 unspecified atom stereocenters. The first-order chi connectivity index (χ1) is 62.3. The van der Waals surface area contributed by atoms with Crippen molar-refractivity contribution in [1.82, 2.24) is 39.9 Å². The standard InChI is InChI=1S/4C17H10NS.2C12H10N.2C11H8N.4Ir/c1-2-6-12(7-3-1)15-10-17-14(11-18-15)13-8-4-5-9-16(13)19-17;1-2-6-12(7-3-1)15-11-10-14-13-8-4-5-9-16(13)19-17(14)18-15;1-2-6-12(7-3-1)14-10-11-16-17(18-14)13-8-4-5-9-15(13)19-16;1-2-6-12(7-3-1)17-16-13-8-4-5-9-14(13)19-15(16)10-11-18-17;2*1-10-6-5-9-12(13-10)11-7-3-2-4-8-11;2*1-2-6-10(7-3-1)11-8-4-5-9-12-11;;;;/h4*1-6,8-11H;2*2-7,9H,1H3;2*1-6,8-9H;;;;/q8*-1;;;;. The Kier molecular flexibility index (Phi) is 35.1. The molecule has 0 spiro atoms. The third kappa shape index (κ3) is 24.4. The van der Waals surface area contributed by atoms with Crippen molar-refractivity contribution in [2.24, 2.45) is 0 Å². The molecule has 8 nitrogen and oxygen atoms in total. The maximum atomic E-state index is 4.81. The van der Waals surface area contributed by atoms with E-state index in [4.69, 9.17) is 9.97 Å². The van der Waals surface area contributed by atoms with Crippen molar-refractivity contribution in [2.75, 3.05) is 0 Å². The van der Waals surface area contributed by atoms with Crippen LogP contribution in [0.5, 0.6) is 0 Å². The second-order valence-corrected chi connectivity index (χ2v) is 32.8. The van der Waals surface area contributed by atoms with Gasteiger partial charge in [0, 0.05) is 172 Å². The molecule has 0 aliphatic heterocycles. The molecular formula is C114H76Ir4N8S4-8. The van der Waals surface area contributed by atoms with Crippen molar-refractivity contribution in [3.63, 3.8) is 0 Å². The number of rotatable bonds is 8. The summed E-state index contributed by atoms with van der Waals surface area (Å²) < 4.78 is 9.00. The molecule has 130 heavy (non-hydrogen) atoms. The Hall–Kier alpha value is -12.7. The van der Waals surface area contributed by atoms with Crippen LogP contribution in [0, 0.1) is 62.4 Å². The van der Waals surface area contributed by atoms with Crippen LogP contribution in [-0.4, -0.2) is 39.9 Å². The van der Waals surface area contributed by atoms with E-state index in [2.05, 4.69) is 218 Å². The smallest absolute Gasteiger partial charge is 0.114 e. The molecule has 0 N–H and O–H groups in total. The van der Waals surface area contributed by atoms with Gasteiger partial charge in [-0.2, -0.15) is 0 Å². The second-order valence-electron chi connectivity index (χ2n) is 28.6. The molecule has 0 saturated carbocycles. The topological polar surface area (TPSA) is 103 Å². The van der Waals surface area contributed by atoms with Gasteiger partial charge in [-0.25, -0.2) is 0 Å². The van der Waals surface area contributed by atoms with Crippen molar-refractivity contribution in [1.29, 1.82) is 0 Å². The van der Waals surface area contributed by atoms with Crippen LogP contribution in [0.2, 0.25) is 0 Å². The van der Waals surface area contributed by atoms with Crippen molar-refractivity contribution in [3.05, 3.63) is 485 Å². The molecular weight excluding hydrogens is 2380 g/mol. The molecule has 0 bridgehead atoms. The van der Waals surface area contributed by atoms with Crippen LogP contribution in [0.25, 0.3) is 171 Å². The summed E-state index contributed by atoms with van der Waals surface area (Å²) in [6.45, 7) is 3.98. The third-order valence-corrected chi connectivity index (χ3v) is 24.5. The molecule has 0 fully saturated rings. The maximum Gasteiger partial charge on any atom is 0.114 e. The monoisotopic (exact) mass is 2460 g/mol. The fourth-order valence-electron chi connectivity index (χ4n) is 14.0. The van der Waals surface area contributed by atoms with Gasteiger partial charge < -0.3 is 29.9 Å². The molecule has 16 heteroatoms. The molecule has 0 amide bonds. The predicted molar refractivity (Wildman–Crippen MR) is 529 cm³/mol. The van der Waals surface area contributed by atoms with Crippen molar-refractivity contribution in [3.8, 4) is 90.1 Å². The summed E-state index contributed by atoms with van der Waals surface area (Å²) in [5, 5.41) is 8.81. The van der Waals surface area contributed by atoms with E-state index in [1.807, 2.05) is 310 Å². The van der Waals surface area contributed by atoms with E-state index in [1.54, 1.807) is 35.1 Å². The zero-order chi connectivity index (χ0) is 85.3. The van der Waals surface area contributed by atoms with Gasteiger partial charge in [-0.1, -0.05) is 146 Å². The van der Waals surface area contributed by atoms with Crippen LogP contribution in [-0.2, 0) is 80.4 Å². The number of nitrogens with zero attached hydrogens (tertiary/aromatic N) is 8. The Morgan fingerprint density at radius 3 is 1.02 bits per heavy atom. The molecule has 12 aromatic carbocycles. The first-order valence-corrected chi connectivity index (χ1v) is 44.2. The number of hydrogen-bond donors (Lipinski definition) is 0. The van der Waals surface area contributed by atoms with Crippen LogP contribution in [0.1, 0.15) is 11.4 Å². The summed E-state index contributed by atoms with van der Waals surface area (Å²) in [4.78, 5) is 37.1. The second kappa shape index (κ2) is 48.1. The fourth-order valence-corrected chi connectivity index (χ4v) is 18.3. The normalized spacial score (nSPS) is 10.3. The molecule has 0 atom stereocenters. The molecule has 4 radical (unpaired) electrons. The Balaban J connectivity index is 0.000000127. The molecule has 12 heterocycles. The molecule has 0 aliphatic carbocycles. The van der Waals surface area contributed by atoms with E-state index in [0.717, 1.165) is 112 Å². The summed E-state index contributed by atoms with van der Waals surface area (Å²) in [6, 6.07) is 159. The molecule has 640 valence electrons. The van der Waals surface area contributed by atoms with E-state index >= 15 is 0 Å². The summed E-state index contributed by atoms with van der Waals surface area (Å²) in [7, 11) is 0. The Morgan fingerprint density at radius 2 is 0.562 bits per heavy atom. The average Bonchev–Trinajstić information content (AvgIpc) is 1.63. The van der Waals surface area contributed by atoms with E-state index in [0.29, 0.717) is 0 Å². The van der Waals surface area contributed by atoms with Gasteiger partial charge in [0.25, 0.3) is 0 Å². The van der Waals surface area contributed by atoms with E-state index in [1.165, 1.54) is 70.6 Å². The number of aromatic nitrogens is 8. The van der Waals surface area contributed by atoms with Gasteiger partial charge >= 0.3 is 0 Å². The van der Waals surface area contributed by atoms with Crippen LogP contribution in [0.4, 0.5) is 0 Å². The van der Waals surface area contributed by atoms with E-state index in [-0.39, 0.29) is 80.4 Å². The quantitative estimate of drug-likeness (QED) is 0.139. The number of fused-ring (bicyclic) bond motifs is 12. The minimum atomic E-state index is 0. The first kappa shape index (κ1) is 94.9. The zero-order valence-electron chi connectivity index (χ0n) is 70.0. The average molecular weight is 2460 g/mol. The number of aryl methyl sites for hydroxylation is 2. The van der Waals surface area contributed by atoms with Gasteiger partial charge in [-0.3, -0.25) is 9.97 Å².